The predicted octanol–water partition coefficient (Wildman–Crippen LogP) is 4.34. The SMILES string of the molecule is CC(CC(=O)NCCCn1ccc2ccccc21)c1ccccc1. The van der Waals surface area contributed by atoms with Crippen molar-refractivity contribution in [2.24, 2.45) is 0 Å². The molecule has 0 spiro atoms. The largest absolute Gasteiger partial charge is 0.356 e. The first kappa shape index (κ1) is 16.3. The van der Waals surface area contributed by atoms with E-state index in [2.05, 4.69) is 65.5 Å². The lowest BCUT2D eigenvalue weighted by Gasteiger charge is -2.12. The van der Waals surface area contributed by atoms with Crippen LogP contribution in [0.4, 0.5) is 0 Å². The first-order valence-electron chi connectivity index (χ1n) is 8.59. The number of carbonyl (C=O) groups is 1. The minimum absolute atomic E-state index is 0.128. The number of amides is 1. The quantitative estimate of drug-likeness (QED) is 0.646. The molecule has 0 saturated carbocycles. The topological polar surface area (TPSA) is 34.0 Å². The fourth-order valence-corrected chi connectivity index (χ4v) is 3.06. The highest BCUT2D eigenvalue weighted by atomic mass is 16.1. The van der Waals surface area contributed by atoms with E-state index in [1.807, 2.05) is 18.2 Å². The molecule has 1 N–H and O–H groups in total. The van der Waals surface area contributed by atoms with Gasteiger partial charge in [-0.2, -0.15) is 0 Å². The summed E-state index contributed by atoms with van der Waals surface area (Å²) in [6.45, 7) is 3.73. The number of nitrogens with one attached hydrogen (secondary N) is 1. The third-order valence-corrected chi connectivity index (χ3v) is 4.44. The Morgan fingerprint density at radius 3 is 2.62 bits per heavy atom. The number of hydrogen-bond donors (Lipinski definition) is 1. The van der Waals surface area contributed by atoms with Gasteiger partial charge in [-0.1, -0.05) is 55.5 Å². The molecule has 24 heavy (non-hydrogen) atoms. The Morgan fingerprint density at radius 2 is 1.79 bits per heavy atom. The van der Waals surface area contributed by atoms with Crippen molar-refractivity contribution in [3.8, 4) is 0 Å². The fraction of sp³-hybridized carbons (Fsp3) is 0.286. The zero-order valence-corrected chi connectivity index (χ0v) is 14.1. The molecule has 1 atom stereocenters. The fourth-order valence-electron chi connectivity index (χ4n) is 3.06. The van der Waals surface area contributed by atoms with Crippen LogP contribution < -0.4 is 5.32 Å². The van der Waals surface area contributed by atoms with Crippen LogP contribution in [0.2, 0.25) is 0 Å². The zero-order valence-electron chi connectivity index (χ0n) is 14.1. The monoisotopic (exact) mass is 320 g/mol. The molecule has 0 fully saturated rings. The second-order valence-corrected chi connectivity index (χ2v) is 6.29. The van der Waals surface area contributed by atoms with E-state index in [0.29, 0.717) is 13.0 Å². The summed E-state index contributed by atoms with van der Waals surface area (Å²) >= 11 is 0. The Balaban J connectivity index is 1.42. The van der Waals surface area contributed by atoms with Gasteiger partial charge in [-0.15, -0.1) is 0 Å². The maximum Gasteiger partial charge on any atom is 0.220 e. The van der Waals surface area contributed by atoms with Gasteiger partial charge in [0.1, 0.15) is 0 Å². The second-order valence-electron chi connectivity index (χ2n) is 6.29. The average Bonchev–Trinajstić information content (AvgIpc) is 3.03. The molecule has 124 valence electrons. The smallest absolute Gasteiger partial charge is 0.220 e. The summed E-state index contributed by atoms with van der Waals surface area (Å²) in [4.78, 5) is 12.1. The molecular weight excluding hydrogens is 296 g/mol. The summed E-state index contributed by atoms with van der Waals surface area (Å²) in [7, 11) is 0. The first-order chi connectivity index (χ1) is 11.7. The van der Waals surface area contributed by atoms with Crippen molar-refractivity contribution in [1.29, 1.82) is 0 Å². The predicted molar refractivity (Wildman–Crippen MR) is 99.0 cm³/mol. The van der Waals surface area contributed by atoms with Crippen LogP contribution in [0.25, 0.3) is 10.9 Å². The van der Waals surface area contributed by atoms with Gasteiger partial charge in [0, 0.05) is 31.2 Å². The van der Waals surface area contributed by atoms with Gasteiger partial charge in [-0.3, -0.25) is 4.79 Å². The Morgan fingerprint density at radius 1 is 1.04 bits per heavy atom. The highest BCUT2D eigenvalue weighted by molar-refractivity contribution is 5.80. The van der Waals surface area contributed by atoms with Crippen molar-refractivity contribution in [3.05, 3.63) is 72.4 Å². The maximum absolute atomic E-state index is 12.1. The van der Waals surface area contributed by atoms with Crippen LogP contribution in [-0.4, -0.2) is 17.0 Å². The van der Waals surface area contributed by atoms with Crippen molar-refractivity contribution in [2.45, 2.75) is 32.2 Å². The van der Waals surface area contributed by atoms with Gasteiger partial charge < -0.3 is 9.88 Å². The molecule has 1 amide bonds. The minimum Gasteiger partial charge on any atom is -0.356 e. The van der Waals surface area contributed by atoms with Gasteiger partial charge >= 0.3 is 0 Å². The van der Waals surface area contributed by atoms with E-state index in [1.165, 1.54) is 16.5 Å². The van der Waals surface area contributed by atoms with Crippen molar-refractivity contribution in [1.82, 2.24) is 9.88 Å². The molecule has 2 aromatic carbocycles. The molecule has 3 nitrogen and oxygen atoms in total. The molecule has 1 unspecified atom stereocenters. The van der Waals surface area contributed by atoms with Gasteiger partial charge in [0.25, 0.3) is 0 Å². The zero-order chi connectivity index (χ0) is 16.8. The summed E-state index contributed by atoms with van der Waals surface area (Å²) < 4.78 is 2.24. The number of rotatable bonds is 7. The molecule has 0 bridgehead atoms. The summed E-state index contributed by atoms with van der Waals surface area (Å²) in [5.41, 5.74) is 2.47. The number of aryl methyl sites for hydroxylation is 1. The highest BCUT2D eigenvalue weighted by Gasteiger charge is 2.10. The van der Waals surface area contributed by atoms with E-state index >= 15 is 0 Å². The lowest BCUT2D eigenvalue weighted by molar-refractivity contribution is -0.121. The molecule has 3 heteroatoms. The van der Waals surface area contributed by atoms with Crippen LogP contribution in [0.5, 0.6) is 0 Å². The summed E-state index contributed by atoms with van der Waals surface area (Å²) in [6, 6.07) is 20.7. The van der Waals surface area contributed by atoms with Crippen LogP contribution >= 0.6 is 0 Å². The lowest BCUT2D eigenvalue weighted by Crippen LogP contribution is -2.26. The van der Waals surface area contributed by atoms with Gasteiger partial charge in [0.2, 0.25) is 5.91 Å². The van der Waals surface area contributed by atoms with E-state index in [-0.39, 0.29) is 11.8 Å². The molecule has 0 radical (unpaired) electrons. The molecule has 0 aliphatic carbocycles. The van der Waals surface area contributed by atoms with Gasteiger partial charge in [0.15, 0.2) is 0 Å². The van der Waals surface area contributed by atoms with E-state index < -0.39 is 0 Å². The highest BCUT2D eigenvalue weighted by Crippen LogP contribution is 2.18. The third-order valence-electron chi connectivity index (χ3n) is 4.44. The number of carbonyl (C=O) groups excluding carboxylic acids is 1. The Kier molecular flexibility index (Phi) is 5.32. The van der Waals surface area contributed by atoms with Crippen molar-refractivity contribution < 1.29 is 4.79 Å². The van der Waals surface area contributed by atoms with Crippen molar-refractivity contribution >= 4 is 16.8 Å². The number of hydrogen-bond acceptors (Lipinski definition) is 1. The van der Waals surface area contributed by atoms with Gasteiger partial charge in [-0.25, -0.2) is 0 Å². The van der Waals surface area contributed by atoms with E-state index in [1.54, 1.807) is 0 Å². The number of para-hydroxylation sites is 1. The Bertz CT molecular complexity index is 792. The number of benzene rings is 2. The second kappa shape index (κ2) is 7.82. The van der Waals surface area contributed by atoms with E-state index in [9.17, 15) is 4.79 Å². The van der Waals surface area contributed by atoms with Crippen LogP contribution in [0.1, 0.15) is 31.2 Å². The van der Waals surface area contributed by atoms with Crippen LogP contribution in [0.3, 0.4) is 0 Å². The van der Waals surface area contributed by atoms with Gasteiger partial charge in [0.05, 0.1) is 0 Å². The molecule has 0 saturated heterocycles. The standard InChI is InChI=1S/C21H24N2O/c1-17(18-8-3-2-4-9-18)16-21(24)22-13-7-14-23-15-12-19-10-5-6-11-20(19)23/h2-6,8-12,15,17H,7,13-14,16H2,1H3,(H,22,24). The van der Waals surface area contributed by atoms with E-state index in [0.717, 1.165) is 13.0 Å². The van der Waals surface area contributed by atoms with Crippen molar-refractivity contribution in [3.63, 3.8) is 0 Å². The normalized spacial score (nSPS) is 12.2. The molecule has 3 aromatic rings. The number of fused-ring (bicyclic) bond motifs is 1. The molecule has 3 rings (SSSR count). The number of nitrogens with zero attached hydrogens (tertiary/aromatic N) is 1. The molecule has 0 aliphatic heterocycles. The Hall–Kier alpha value is -2.55. The van der Waals surface area contributed by atoms with Crippen LogP contribution in [-0.2, 0) is 11.3 Å². The number of aromatic nitrogens is 1. The van der Waals surface area contributed by atoms with E-state index in [4.69, 9.17) is 0 Å². The minimum atomic E-state index is 0.128. The summed E-state index contributed by atoms with van der Waals surface area (Å²) in [5.74, 6) is 0.378. The van der Waals surface area contributed by atoms with Crippen LogP contribution in [0.15, 0.2) is 66.9 Å². The third kappa shape index (κ3) is 4.05. The van der Waals surface area contributed by atoms with Crippen molar-refractivity contribution in [2.75, 3.05) is 6.54 Å². The van der Waals surface area contributed by atoms with Crippen LogP contribution in [0, 0.1) is 0 Å². The first-order valence-corrected chi connectivity index (χ1v) is 8.59. The molecule has 0 aliphatic rings. The van der Waals surface area contributed by atoms with Gasteiger partial charge in [-0.05, 0) is 35.4 Å². The summed E-state index contributed by atoms with van der Waals surface area (Å²) in [6.07, 6.45) is 3.59. The molecule has 1 aromatic heterocycles. The average molecular weight is 320 g/mol. The molecular formula is C21H24N2O. The maximum atomic E-state index is 12.1. The lowest BCUT2D eigenvalue weighted by atomic mass is 9.98. The Labute approximate surface area is 143 Å². The molecule has 1 heterocycles. The summed E-state index contributed by atoms with van der Waals surface area (Å²) in [5, 5.41) is 4.30.